The first kappa shape index (κ1) is 18.7. The molecule has 0 aromatic carbocycles. The summed E-state index contributed by atoms with van der Waals surface area (Å²) in [5.74, 6) is 0.646. The van der Waals surface area contributed by atoms with Crippen LogP contribution in [-0.4, -0.2) is 56.0 Å². The van der Waals surface area contributed by atoms with Gasteiger partial charge in [-0.3, -0.25) is 4.90 Å². The normalized spacial score (nSPS) is 25.3. The van der Waals surface area contributed by atoms with Crippen LogP contribution in [0, 0.1) is 5.92 Å². The quantitative estimate of drug-likeness (QED) is 0.732. The first-order chi connectivity index (χ1) is 9.78. The second-order valence-electron chi connectivity index (χ2n) is 6.43. The van der Waals surface area contributed by atoms with Crippen molar-refractivity contribution in [2.75, 3.05) is 32.8 Å². The van der Waals surface area contributed by atoms with Crippen LogP contribution in [0.25, 0.3) is 0 Å². The van der Waals surface area contributed by atoms with Gasteiger partial charge in [-0.05, 0) is 38.6 Å². The standard InChI is InChI=1S/C15H29F3N2O/c1-12(2)9-14-10-20(13(3)5-6-19-14)7-4-8-21-11-15(16,17)18/h12-14,19H,4-11H2,1-3H3. The minimum absolute atomic E-state index is 0.172. The number of hydrogen-bond acceptors (Lipinski definition) is 3. The minimum Gasteiger partial charge on any atom is -0.372 e. The number of hydrogen-bond donors (Lipinski definition) is 1. The Hall–Kier alpha value is -0.330. The van der Waals surface area contributed by atoms with Crippen LogP contribution < -0.4 is 5.32 Å². The molecule has 1 saturated heterocycles. The van der Waals surface area contributed by atoms with Crippen LogP contribution in [-0.2, 0) is 4.74 Å². The molecule has 1 heterocycles. The van der Waals surface area contributed by atoms with E-state index in [4.69, 9.17) is 0 Å². The summed E-state index contributed by atoms with van der Waals surface area (Å²) in [6.07, 6.45) is -1.36. The number of halogens is 3. The summed E-state index contributed by atoms with van der Waals surface area (Å²) in [4.78, 5) is 2.38. The zero-order chi connectivity index (χ0) is 15.9. The van der Waals surface area contributed by atoms with E-state index in [2.05, 4.69) is 35.7 Å². The van der Waals surface area contributed by atoms with Gasteiger partial charge in [0, 0.05) is 31.8 Å². The van der Waals surface area contributed by atoms with Crippen molar-refractivity contribution in [2.24, 2.45) is 5.92 Å². The van der Waals surface area contributed by atoms with Gasteiger partial charge in [0.25, 0.3) is 0 Å². The maximum Gasteiger partial charge on any atom is 0.411 e. The molecule has 6 heteroatoms. The van der Waals surface area contributed by atoms with E-state index in [0.717, 1.165) is 32.5 Å². The van der Waals surface area contributed by atoms with Gasteiger partial charge in [-0.25, -0.2) is 0 Å². The van der Waals surface area contributed by atoms with Crippen molar-refractivity contribution in [3.63, 3.8) is 0 Å². The van der Waals surface area contributed by atoms with Crippen LogP contribution in [0.3, 0.4) is 0 Å². The van der Waals surface area contributed by atoms with E-state index in [1.54, 1.807) is 0 Å². The molecule has 1 fully saturated rings. The predicted molar refractivity (Wildman–Crippen MR) is 78.4 cm³/mol. The molecule has 0 amide bonds. The number of alkyl halides is 3. The SMILES string of the molecule is CC(C)CC1CN(CCCOCC(F)(F)F)C(C)CCN1. The number of rotatable bonds is 7. The van der Waals surface area contributed by atoms with E-state index >= 15 is 0 Å². The van der Waals surface area contributed by atoms with E-state index in [9.17, 15) is 13.2 Å². The number of nitrogens with one attached hydrogen (secondary N) is 1. The van der Waals surface area contributed by atoms with Crippen molar-refractivity contribution in [1.29, 1.82) is 0 Å². The molecule has 0 bridgehead atoms. The van der Waals surface area contributed by atoms with Gasteiger partial charge in [-0.15, -0.1) is 0 Å². The van der Waals surface area contributed by atoms with Crippen molar-refractivity contribution >= 4 is 0 Å². The predicted octanol–water partition coefficient (Wildman–Crippen LogP) is 3.05. The van der Waals surface area contributed by atoms with E-state index in [-0.39, 0.29) is 6.61 Å². The number of ether oxygens (including phenoxy) is 1. The van der Waals surface area contributed by atoms with Gasteiger partial charge in [-0.1, -0.05) is 13.8 Å². The van der Waals surface area contributed by atoms with Crippen LogP contribution >= 0.6 is 0 Å². The molecule has 0 aromatic heterocycles. The third-order valence-electron chi connectivity index (χ3n) is 3.83. The summed E-state index contributed by atoms with van der Waals surface area (Å²) in [6.45, 7) is 8.44. The molecule has 0 radical (unpaired) electrons. The smallest absolute Gasteiger partial charge is 0.372 e. The Kier molecular flexibility index (Phi) is 7.98. The van der Waals surface area contributed by atoms with Crippen LogP contribution in [0.15, 0.2) is 0 Å². The van der Waals surface area contributed by atoms with Gasteiger partial charge in [0.1, 0.15) is 6.61 Å². The molecule has 0 aromatic rings. The minimum atomic E-state index is -4.22. The lowest BCUT2D eigenvalue weighted by Crippen LogP contribution is -2.41. The molecule has 126 valence electrons. The second-order valence-corrected chi connectivity index (χ2v) is 6.43. The summed E-state index contributed by atoms with van der Waals surface area (Å²) in [6, 6.07) is 0.948. The maximum absolute atomic E-state index is 12.0. The summed E-state index contributed by atoms with van der Waals surface area (Å²) in [5, 5.41) is 3.57. The van der Waals surface area contributed by atoms with Crippen LogP contribution in [0.5, 0.6) is 0 Å². The Morgan fingerprint density at radius 3 is 2.67 bits per heavy atom. The van der Waals surface area contributed by atoms with Gasteiger partial charge in [0.2, 0.25) is 0 Å². The molecule has 1 aliphatic rings. The first-order valence-electron chi connectivity index (χ1n) is 7.90. The van der Waals surface area contributed by atoms with E-state index < -0.39 is 12.8 Å². The molecule has 1 N–H and O–H groups in total. The van der Waals surface area contributed by atoms with Crippen molar-refractivity contribution in [3.8, 4) is 0 Å². The molecule has 2 atom stereocenters. The van der Waals surface area contributed by atoms with Gasteiger partial charge in [0.05, 0.1) is 0 Å². The molecule has 0 aliphatic carbocycles. The van der Waals surface area contributed by atoms with E-state index in [1.807, 2.05) is 0 Å². The first-order valence-corrected chi connectivity index (χ1v) is 7.90. The molecule has 1 rings (SSSR count). The van der Waals surface area contributed by atoms with Crippen molar-refractivity contribution in [2.45, 2.75) is 58.3 Å². The molecule has 0 saturated carbocycles. The van der Waals surface area contributed by atoms with Crippen LogP contribution in [0.1, 0.15) is 40.0 Å². The summed E-state index contributed by atoms with van der Waals surface area (Å²) >= 11 is 0. The highest BCUT2D eigenvalue weighted by molar-refractivity contribution is 4.81. The monoisotopic (exact) mass is 310 g/mol. The molecule has 21 heavy (non-hydrogen) atoms. The lowest BCUT2D eigenvalue weighted by Gasteiger charge is -2.29. The third kappa shape index (κ3) is 8.63. The molecule has 1 aliphatic heterocycles. The Bertz CT molecular complexity index is 285. The van der Waals surface area contributed by atoms with Crippen molar-refractivity contribution in [3.05, 3.63) is 0 Å². The third-order valence-corrected chi connectivity index (χ3v) is 3.83. The fourth-order valence-electron chi connectivity index (χ4n) is 2.80. The fraction of sp³-hybridized carbons (Fsp3) is 1.00. The Labute approximate surface area is 126 Å². The Balaban J connectivity index is 2.29. The highest BCUT2D eigenvalue weighted by Crippen LogP contribution is 2.16. The molecule has 2 unspecified atom stereocenters. The summed E-state index contributed by atoms with van der Waals surface area (Å²) in [5.41, 5.74) is 0. The van der Waals surface area contributed by atoms with Gasteiger partial charge in [-0.2, -0.15) is 13.2 Å². The largest absolute Gasteiger partial charge is 0.411 e. The van der Waals surface area contributed by atoms with Gasteiger partial charge < -0.3 is 10.1 Å². The van der Waals surface area contributed by atoms with Crippen LogP contribution in [0.2, 0.25) is 0 Å². The fourth-order valence-corrected chi connectivity index (χ4v) is 2.80. The average molecular weight is 310 g/mol. The number of nitrogens with zero attached hydrogens (tertiary/aromatic N) is 1. The zero-order valence-electron chi connectivity index (χ0n) is 13.4. The Morgan fingerprint density at radius 2 is 2.05 bits per heavy atom. The van der Waals surface area contributed by atoms with Gasteiger partial charge >= 0.3 is 6.18 Å². The van der Waals surface area contributed by atoms with E-state index in [0.29, 0.717) is 24.4 Å². The zero-order valence-corrected chi connectivity index (χ0v) is 13.4. The topological polar surface area (TPSA) is 24.5 Å². The van der Waals surface area contributed by atoms with Gasteiger partial charge in [0.15, 0.2) is 0 Å². The highest BCUT2D eigenvalue weighted by Gasteiger charge is 2.27. The second kappa shape index (κ2) is 8.96. The van der Waals surface area contributed by atoms with E-state index in [1.165, 1.54) is 0 Å². The average Bonchev–Trinajstić information content (AvgIpc) is 2.49. The Morgan fingerprint density at radius 1 is 1.33 bits per heavy atom. The summed E-state index contributed by atoms with van der Waals surface area (Å²) < 4.78 is 40.6. The lowest BCUT2D eigenvalue weighted by atomic mass is 10.0. The maximum atomic E-state index is 12.0. The lowest BCUT2D eigenvalue weighted by molar-refractivity contribution is -0.174. The van der Waals surface area contributed by atoms with Crippen LogP contribution in [0.4, 0.5) is 13.2 Å². The highest BCUT2D eigenvalue weighted by atomic mass is 19.4. The van der Waals surface area contributed by atoms with Crippen molar-refractivity contribution in [1.82, 2.24) is 10.2 Å². The summed E-state index contributed by atoms with van der Waals surface area (Å²) in [7, 11) is 0. The molecule has 0 spiro atoms. The van der Waals surface area contributed by atoms with Crippen molar-refractivity contribution < 1.29 is 17.9 Å². The molecule has 3 nitrogen and oxygen atoms in total. The molecular weight excluding hydrogens is 281 g/mol. The molecular formula is C15H29F3N2O.